The van der Waals surface area contributed by atoms with Crippen molar-refractivity contribution < 1.29 is 13.2 Å². The molecule has 0 unspecified atom stereocenters. The largest absolute Gasteiger partial charge is 0.337 e. The van der Waals surface area contributed by atoms with Crippen molar-refractivity contribution in [1.29, 1.82) is 0 Å². The lowest BCUT2D eigenvalue weighted by Gasteiger charge is -2.33. The quantitative estimate of drug-likeness (QED) is 0.696. The van der Waals surface area contributed by atoms with Crippen molar-refractivity contribution in [2.24, 2.45) is 0 Å². The van der Waals surface area contributed by atoms with E-state index in [2.05, 4.69) is 25.3 Å². The van der Waals surface area contributed by atoms with Gasteiger partial charge in [-0.25, -0.2) is 13.4 Å². The van der Waals surface area contributed by atoms with Gasteiger partial charge < -0.3 is 4.90 Å². The fraction of sp³-hybridized carbons (Fsp3) is 0.400. The van der Waals surface area contributed by atoms with Gasteiger partial charge in [0.15, 0.2) is 9.84 Å². The molecule has 11 heteroatoms. The van der Waals surface area contributed by atoms with Crippen molar-refractivity contribution >= 4 is 21.5 Å². The zero-order chi connectivity index (χ0) is 18.3. The van der Waals surface area contributed by atoms with Crippen molar-refractivity contribution in [2.75, 3.05) is 19.3 Å². The van der Waals surface area contributed by atoms with Gasteiger partial charge in [0.1, 0.15) is 16.9 Å². The molecular weight excluding hydrogens is 358 g/mol. The van der Waals surface area contributed by atoms with Crippen molar-refractivity contribution in [1.82, 2.24) is 34.7 Å². The Morgan fingerprint density at radius 3 is 2.92 bits per heavy atom. The summed E-state index contributed by atoms with van der Waals surface area (Å²) in [6, 6.07) is 1.62. The SMILES string of the molecule is CS(=O)(=O)c1cnc2ncnn2c1[C@H]1CCCN(C(=O)c2ccn[nH]2)C1. The van der Waals surface area contributed by atoms with Gasteiger partial charge in [0.25, 0.3) is 11.7 Å². The minimum Gasteiger partial charge on any atom is -0.337 e. The second kappa shape index (κ2) is 6.16. The first-order valence-electron chi connectivity index (χ1n) is 8.12. The molecule has 4 rings (SSSR count). The number of sulfone groups is 1. The van der Waals surface area contributed by atoms with Gasteiger partial charge in [-0.1, -0.05) is 0 Å². The number of fused-ring (bicyclic) bond motifs is 1. The number of piperidine rings is 1. The molecule has 4 heterocycles. The highest BCUT2D eigenvalue weighted by Crippen LogP contribution is 2.31. The number of hydrogen-bond acceptors (Lipinski definition) is 7. The zero-order valence-corrected chi connectivity index (χ0v) is 14.8. The number of carbonyl (C=O) groups is 1. The van der Waals surface area contributed by atoms with E-state index >= 15 is 0 Å². The smallest absolute Gasteiger partial charge is 0.271 e. The molecule has 0 radical (unpaired) electrons. The number of aromatic nitrogens is 6. The van der Waals surface area contributed by atoms with Crippen molar-refractivity contribution in [3.63, 3.8) is 0 Å². The molecule has 1 fully saturated rings. The second-order valence-electron chi connectivity index (χ2n) is 6.31. The fourth-order valence-electron chi connectivity index (χ4n) is 3.37. The molecule has 0 bridgehead atoms. The number of aromatic amines is 1. The summed E-state index contributed by atoms with van der Waals surface area (Å²) in [7, 11) is -3.50. The third-order valence-electron chi connectivity index (χ3n) is 4.53. The van der Waals surface area contributed by atoms with Crippen LogP contribution in [0.2, 0.25) is 0 Å². The molecule has 136 valence electrons. The van der Waals surface area contributed by atoms with Crippen LogP contribution in [0.1, 0.15) is 34.9 Å². The van der Waals surface area contributed by atoms with Gasteiger partial charge in [0.05, 0.1) is 11.9 Å². The Morgan fingerprint density at radius 1 is 1.35 bits per heavy atom. The monoisotopic (exact) mass is 375 g/mol. The molecular formula is C15H17N7O3S. The van der Waals surface area contributed by atoms with Crippen LogP contribution < -0.4 is 0 Å². The van der Waals surface area contributed by atoms with E-state index < -0.39 is 9.84 Å². The highest BCUT2D eigenvalue weighted by atomic mass is 32.2. The molecule has 1 atom stereocenters. The summed E-state index contributed by atoms with van der Waals surface area (Å²) in [5.74, 6) is -0.00559. The van der Waals surface area contributed by atoms with Crippen molar-refractivity contribution in [3.05, 3.63) is 36.2 Å². The van der Waals surface area contributed by atoms with Crippen LogP contribution in [0.4, 0.5) is 0 Å². The van der Waals surface area contributed by atoms with E-state index in [1.807, 2.05) is 0 Å². The number of nitrogens with one attached hydrogen (secondary N) is 1. The van der Waals surface area contributed by atoms with Gasteiger partial charge >= 0.3 is 0 Å². The summed E-state index contributed by atoms with van der Waals surface area (Å²) in [5.41, 5.74) is 0.937. The van der Waals surface area contributed by atoms with Crippen LogP contribution in [0.15, 0.2) is 29.7 Å². The standard InChI is InChI=1S/C15H17N7O3S/c1-26(24,25)12-7-16-15-17-9-19-22(15)13(12)10-3-2-6-21(8-10)14(23)11-4-5-18-20-11/h4-5,7,9-10H,2-3,6,8H2,1H3,(H,18,20)/t10-/m0/s1. The Morgan fingerprint density at radius 2 is 2.19 bits per heavy atom. The first-order chi connectivity index (χ1) is 12.4. The molecule has 0 aliphatic carbocycles. The highest BCUT2D eigenvalue weighted by molar-refractivity contribution is 7.90. The van der Waals surface area contributed by atoms with E-state index in [9.17, 15) is 13.2 Å². The zero-order valence-electron chi connectivity index (χ0n) is 14.0. The van der Waals surface area contributed by atoms with Crippen LogP contribution >= 0.6 is 0 Å². The van der Waals surface area contributed by atoms with E-state index in [-0.39, 0.29) is 16.7 Å². The van der Waals surface area contributed by atoms with Crippen LogP contribution in [0.5, 0.6) is 0 Å². The highest BCUT2D eigenvalue weighted by Gasteiger charge is 2.31. The van der Waals surface area contributed by atoms with E-state index in [0.29, 0.717) is 30.3 Å². The molecule has 26 heavy (non-hydrogen) atoms. The Bertz CT molecular complexity index is 1060. The molecule has 1 aliphatic heterocycles. The predicted octanol–water partition coefficient (Wildman–Crippen LogP) is 0.271. The van der Waals surface area contributed by atoms with Crippen LogP contribution in [0, 0.1) is 0 Å². The van der Waals surface area contributed by atoms with Crippen molar-refractivity contribution in [3.8, 4) is 0 Å². The lowest BCUT2D eigenvalue weighted by atomic mass is 9.94. The maximum atomic E-state index is 12.6. The predicted molar refractivity (Wildman–Crippen MR) is 90.4 cm³/mol. The number of rotatable bonds is 3. The molecule has 3 aromatic rings. The minimum absolute atomic E-state index is 0.122. The maximum Gasteiger partial charge on any atom is 0.271 e. The maximum absolute atomic E-state index is 12.6. The second-order valence-corrected chi connectivity index (χ2v) is 8.30. The van der Waals surface area contributed by atoms with Gasteiger partial charge in [0, 0.05) is 31.5 Å². The molecule has 1 saturated heterocycles. The summed E-state index contributed by atoms with van der Waals surface area (Å²) >= 11 is 0. The number of hydrogen-bond donors (Lipinski definition) is 1. The average molecular weight is 375 g/mol. The molecule has 0 saturated carbocycles. The van der Waals surface area contributed by atoms with Crippen LogP contribution in [0.25, 0.3) is 5.78 Å². The lowest BCUT2D eigenvalue weighted by Crippen LogP contribution is -2.40. The summed E-state index contributed by atoms with van der Waals surface area (Å²) in [5, 5.41) is 10.6. The summed E-state index contributed by atoms with van der Waals surface area (Å²) in [6.45, 7) is 0.994. The topological polar surface area (TPSA) is 126 Å². The van der Waals surface area contributed by atoms with Crippen LogP contribution in [-0.4, -0.2) is 68.3 Å². The van der Waals surface area contributed by atoms with Crippen LogP contribution in [0.3, 0.4) is 0 Å². The summed E-state index contributed by atoms with van der Waals surface area (Å²) in [6.07, 6.45) is 6.84. The van der Waals surface area contributed by atoms with Gasteiger partial charge in [-0.2, -0.15) is 19.7 Å². The Labute approximate surface area is 149 Å². The fourth-order valence-corrected chi connectivity index (χ4v) is 4.25. The van der Waals surface area contributed by atoms with E-state index in [0.717, 1.165) is 19.1 Å². The van der Waals surface area contributed by atoms with Gasteiger partial charge in [0.2, 0.25) is 0 Å². The molecule has 3 aromatic heterocycles. The number of nitrogens with zero attached hydrogens (tertiary/aromatic N) is 6. The molecule has 0 spiro atoms. The summed E-state index contributed by atoms with van der Waals surface area (Å²) in [4.78, 5) is 22.6. The normalized spacial score (nSPS) is 18.3. The van der Waals surface area contributed by atoms with Crippen molar-refractivity contribution in [2.45, 2.75) is 23.7 Å². The number of H-pyrrole nitrogens is 1. The molecule has 1 amide bonds. The van der Waals surface area contributed by atoms with E-state index in [4.69, 9.17) is 0 Å². The van der Waals surface area contributed by atoms with E-state index in [1.165, 1.54) is 23.2 Å². The Balaban J connectivity index is 1.75. The summed E-state index contributed by atoms with van der Waals surface area (Å²) < 4.78 is 26.0. The molecule has 1 aliphatic rings. The average Bonchev–Trinajstić information content (AvgIpc) is 3.30. The number of amides is 1. The molecule has 0 aromatic carbocycles. The number of likely N-dealkylation sites (tertiary alicyclic amines) is 1. The third-order valence-corrected chi connectivity index (χ3v) is 5.65. The molecule has 10 nitrogen and oxygen atoms in total. The Hall–Kier alpha value is -2.82. The minimum atomic E-state index is -3.50. The van der Waals surface area contributed by atoms with Gasteiger partial charge in [-0.3, -0.25) is 9.89 Å². The lowest BCUT2D eigenvalue weighted by molar-refractivity contribution is 0.0698. The van der Waals surface area contributed by atoms with Gasteiger partial charge in [-0.15, -0.1) is 0 Å². The van der Waals surface area contributed by atoms with Gasteiger partial charge in [-0.05, 0) is 18.9 Å². The first kappa shape index (κ1) is 16.6. The first-order valence-corrected chi connectivity index (χ1v) is 10.0. The third kappa shape index (κ3) is 2.83. The number of carbonyl (C=O) groups excluding carboxylic acids is 1. The Kier molecular flexibility index (Phi) is 3.94. The van der Waals surface area contributed by atoms with E-state index in [1.54, 1.807) is 11.0 Å². The molecule has 1 N–H and O–H groups in total. The van der Waals surface area contributed by atoms with Crippen LogP contribution in [-0.2, 0) is 9.84 Å².